The van der Waals surface area contributed by atoms with Crippen molar-refractivity contribution in [3.05, 3.63) is 0 Å². The third kappa shape index (κ3) is 5.99. The molecule has 0 heterocycles. The highest BCUT2D eigenvalue weighted by Crippen LogP contribution is 2.68. The Balaban J connectivity index is 1.63. The van der Waals surface area contributed by atoms with E-state index in [0.29, 0.717) is 35.1 Å². The molecule has 3 nitrogen and oxygen atoms in total. The van der Waals surface area contributed by atoms with E-state index in [4.69, 9.17) is 13.3 Å². The normalized spacial score (nSPS) is 44.5. The van der Waals surface area contributed by atoms with E-state index < -0.39 is 25.0 Å². The fraction of sp³-hybridized carbons (Fsp3) is 1.00. The lowest BCUT2D eigenvalue weighted by atomic mass is 9.44. The van der Waals surface area contributed by atoms with Crippen LogP contribution in [0.25, 0.3) is 0 Å². The molecule has 4 saturated carbocycles. The summed E-state index contributed by atoms with van der Waals surface area (Å²) in [4.78, 5) is 0. The lowest BCUT2D eigenvalue weighted by Gasteiger charge is -2.64. The molecule has 4 aliphatic carbocycles. The van der Waals surface area contributed by atoms with Gasteiger partial charge in [-0.25, -0.2) is 0 Å². The van der Waals surface area contributed by atoms with E-state index in [0.717, 1.165) is 23.7 Å². The van der Waals surface area contributed by atoms with Crippen molar-refractivity contribution in [3.63, 3.8) is 0 Å². The zero-order valence-corrected chi connectivity index (χ0v) is 29.0. The Hall–Kier alpha value is 0.531. The number of rotatable bonds is 7. The molecule has 0 amide bonds. The average molecular weight is 553 g/mol. The maximum atomic E-state index is 7.25. The highest BCUT2D eigenvalue weighted by atomic mass is 28.4. The van der Waals surface area contributed by atoms with Gasteiger partial charge in [-0.2, -0.15) is 0 Å². The Morgan fingerprint density at radius 3 is 1.94 bits per heavy atom. The van der Waals surface area contributed by atoms with Gasteiger partial charge in [-0.15, -0.1) is 0 Å². The van der Waals surface area contributed by atoms with Crippen molar-refractivity contribution in [2.75, 3.05) is 0 Å². The minimum atomic E-state index is -1.66. The first-order chi connectivity index (χ1) is 16.3. The summed E-state index contributed by atoms with van der Waals surface area (Å²) in [6.07, 6.45) is 12.0. The standard InChI is InChI=1S/C30H60O3Si3/c1-21(31-34(4,5)6)25-15-16-26-24-14-13-22-19-23(32-35(7,8)9)17-18-29(22,2)28(24)27(20-30(25,26)3)33-36(10,11)12/h21-28H,13-20H2,1-12H3/t21?,22?,23?,24-,25+,26-,27?,28+,29-,30+/m0/s1. The molecule has 210 valence electrons. The zero-order valence-electron chi connectivity index (χ0n) is 26.0. The highest BCUT2D eigenvalue weighted by Gasteiger charge is 2.64. The lowest BCUT2D eigenvalue weighted by molar-refractivity contribution is -0.175. The van der Waals surface area contributed by atoms with Crippen LogP contribution in [-0.2, 0) is 13.3 Å². The monoisotopic (exact) mass is 552 g/mol. The third-order valence-electron chi connectivity index (χ3n) is 10.7. The van der Waals surface area contributed by atoms with E-state index in [9.17, 15) is 0 Å². The summed E-state index contributed by atoms with van der Waals surface area (Å²) < 4.78 is 20.7. The van der Waals surface area contributed by atoms with Gasteiger partial charge >= 0.3 is 0 Å². The Bertz CT molecular complexity index is 784. The molecule has 4 fully saturated rings. The average Bonchev–Trinajstić information content (AvgIpc) is 3.01. The summed E-state index contributed by atoms with van der Waals surface area (Å²) in [5.41, 5.74) is 0.762. The van der Waals surface area contributed by atoms with Crippen molar-refractivity contribution >= 4 is 25.0 Å². The molecule has 36 heavy (non-hydrogen) atoms. The third-order valence-corrected chi connectivity index (χ3v) is 13.9. The topological polar surface area (TPSA) is 27.7 Å². The molecule has 0 radical (unpaired) electrons. The van der Waals surface area contributed by atoms with E-state index in [1.54, 1.807) is 0 Å². The van der Waals surface area contributed by atoms with Crippen LogP contribution >= 0.6 is 0 Å². The first-order valence-electron chi connectivity index (χ1n) is 15.4. The van der Waals surface area contributed by atoms with Crippen LogP contribution in [0.1, 0.15) is 72.1 Å². The lowest BCUT2D eigenvalue weighted by Crippen LogP contribution is -2.61. The van der Waals surface area contributed by atoms with Crippen molar-refractivity contribution in [1.29, 1.82) is 0 Å². The summed E-state index contributed by atoms with van der Waals surface area (Å²) >= 11 is 0. The summed E-state index contributed by atoms with van der Waals surface area (Å²) in [6.45, 7) is 29.2. The predicted octanol–water partition coefficient (Wildman–Crippen LogP) is 8.94. The van der Waals surface area contributed by atoms with Crippen LogP contribution in [0, 0.1) is 40.4 Å². The fourth-order valence-corrected chi connectivity index (χ4v) is 13.6. The van der Waals surface area contributed by atoms with Gasteiger partial charge in [-0.3, -0.25) is 0 Å². The molecule has 10 atom stereocenters. The first kappa shape index (κ1) is 29.5. The second-order valence-corrected chi connectivity index (χ2v) is 30.2. The fourth-order valence-electron chi connectivity index (χ4n) is 9.93. The highest BCUT2D eigenvalue weighted by molar-refractivity contribution is 6.70. The number of hydrogen-bond donors (Lipinski definition) is 0. The summed E-state index contributed by atoms with van der Waals surface area (Å²) in [5, 5.41) is 0. The van der Waals surface area contributed by atoms with Gasteiger partial charge in [0.05, 0.1) is 0 Å². The minimum Gasteiger partial charge on any atom is -0.415 e. The maximum Gasteiger partial charge on any atom is 0.184 e. The number of hydrogen-bond acceptors (Lipinski definition) is 3. The van der Waals surface area contributed by atoms with Crippen LogP contribution < -0.4 is 0 Å². The van der Waals surface area contributed by atoms with Gasteiger partial charge in [-0.1, -0.05) is 13.8 Å². The molecule has 0 N–H and O–H groups in total. The van der Waals surface area contributed by atoms with Crippen molar-refractivity contribution in [2.45, 2.75) is 149 Å². The molecule has 0 saturated heterocycles. The number of fused-ring (bicyclic) bond motifs is 5. The molecule has 0 aromatic carbocycles. The Kier molecular flexibility index (Phi) is 8.09. The first-order valence-corrected chi connectivity index (χ1v) is 25.6. The van der Waals surface area contributed by atoms with Gasteiger partial charge in [-0.05, 0) is 158 Å². The molecular weight excluding hydrogens is 493 g/mol. The van der Waals surface area contributed by atoms with Crippen LogP contribution in [0.5, 0.6) is 0 Å². The molecule has 4 aliphatic rings. The van der Waals surface area contributed by atoms with Gasteiger partial charge in [0.2, 0.25) is 0 Å². The van der Waals surface area contributed by atoms with E-state index in [1.165, 1.54) is 51.4 Å². The predicted molar refractivity (Wildman–Crippen MR) is 161 cm³/mol. The smallest absolute Gasteiger partial charge is 0.184 e. The Morgan fingerprint density at radius 2 is 1.36 bits per heavy atom. The van der Waals surface area contributed by atoms with Crippen molar-refractivity contribution < 1.29 is 13.3 Å². The van der Waals surface area contributed by atoms with Crippen molar-refractivity contribution in [3.8, 4) is 0 Å². The zero-order chi connectivity index (χ0) is 26.9. The Labute approximate surface area is 227 Å². The van der Waals surface area contributed by atoms with Crippen molar-refractivity contribution in [1.82, 2.24) is 0 Å². The summed E-state index contributed by atoms with van der Waals surface area (Å²) in [7, 11) is -4.72. The van der Waals surface area contributed by atoms with Crippen molar-refractivity contribution in [2.24, 2.45) is 40.4 Å². The van der Waals surface area contributed by atoms with Gasteiger partial charge in [0.25, 0.3) is 0 Å². The summed E-state index contributed by atoms with van der Waals surface area (Å²) in [6, 6.07) is 0. The second-order valence-electron chi connectivity index (χ2n) is 16.8. The van der Waals surface area contributed by atoms with E-state index in [-0.39, 0.29) is 0 Å². The van der Waals surface area contributed by atoms with Gasteiger partial charge in [0, 0.05) is 18.3 Å². The molecule has 4 rings (SSSR count). The summed E-state index contributed by atoms with van der Waals surface area (Å²) in [5.74, 6) is 3.87. The van der Waals surface area contributed by atoms with Crippen LogP contribution in [-0.4, -0.2) is 43.3 Å². The van der Waals surface area contributed by atoms with Gasteiger partial charge in [0.1, 0.15) is 0 Å². The SMILES string of the molecule is CC(O[Si](C)(C)C)[C@H]1CC[C@H]2[C@@H]3CCC4CC(O[Si](C)(C)C)CC[C@]4(C)[C@H]3C(O[Si](C)(C)C)C[C@]12C. The minimum absolute atomic E-state index is 0.353. The maximum absolute atomic E-state index is 7.25. The van der Waals surface area contributed by atoms with Crippen LogP contribution in [0.3, 0.4) is 0 Å². The molecule has 0 bridgehead atoms. The van der Waals surface area contributed by atoms with Gasteiger partial charge < -0.3 is 13.3 Å². The molecule has 0 spiro atoms. The van der Waals surface area contributed by atoms with Crippen LogP contribution in [0.15, 0.2) is 0 Å². The van der Waals surface area contributed by atoms with Crippen LogP contribution in [0.4, 0.5) is 0 Å². The largest absolute Gasteiger partial charge is 0.415 e. The molecular formula is C30H60O3Si3. The molecule has 4 unspecified atom stereocenters. The van der Waals surface area contributed by atoms with Crippen LogP contribution in [0.2, 0.25) is 58.9 Å². The van der Waals surface area contributed by atoms with E-state index >= 15 is 0 Å². The van der Waals surface area contributed by atoms with E-state index in [2.05, 4.69) is 79.7 Å². The Morgan fingerprint density at radius 1 is 0.722 bits per heavy atom. The molecule has 6 heteroatoms. The second kappa shape index (κ2) is 9.87. The van der Waals surface area contributed by atoms with Gasteiger partial charge in [0.15, 0.2) is 25.0 Å². The van der Waals surface area contributed by atoms with E-state index in [1.807, 2.05) is 0 Å². The molecule has 0 aliphatic heterocycles. The molecule has 0 aromatic heterocycles. The molecule has 0 aromatic rings. The quantitative estimate of drug-likeness (QED) is 0.295.